The van der Waals surface area contributed by atoms with Crippen molar-refractivity contribution in [2.24, 2.45) is 5.92 Å². The lowest BCUT2D eigenvalue weighted by atomic mass is 9.80. The third kappa shape index (κ3) is 2.67. The molecule has 0 saturated heterocycles. The third-order valence-electron chi connectivity index (χ3n) is 2.92. The first-order valence-electron chi connectivity index (χ1n) is 5.38. The quantitative estimate of drug-likeness (QED) is 0.884. The Bertz CT molecular complexity index is 481. The number of methoxy groups -OCH3 is 1. The van der Waals surface area contributed by atoms with Gasteiger partial charge in [0.1, 0.15) is 9.54 Å². The van der Waals surface area contributed by atoms with Crippen LogP contribution in [0, 0.1) is 5.92 Å². The Morgan fingerprint density at radius 3 is 2.72 bits per heavy atom. The summed E-state index contributed by atoms with van der Waals surface area (Å²) in [6.07, 6.45) is 1.01. The number of carboxylic acids is 1. The summed E-state index contributed by atoms with van der Waals surface area (Å²) in [5, 5.41) is 11.6. The molecule has 0 spiro atoms. The van der Waals surface area contributed by atoms with Crippen molar-refractivity contribution in [3.8, 4) is 5.75 Å². The molecule has 1 aliphatic carbocycles. The number of thiophene rings is 1. The van der Waals surface area contributed by atoms with Gasteiger partial charge in [0.05, 0.1) is 17.9 Å². The molecular formula is C11H12BrNO4S. The highest BCUT2D eigenvalue weighted by atomic mass is 79.9. The Labute approximate surface area is 116 Å². The van der Waals surface area contributed by atoms with E-state index in [4.69, 9.17) is 9.84 Å². The van der Waals surface area contributed by atoms with Crippen molar-refractivity contribution in [2.75, 3.05) is 7.11 Å². The molecule has 1 saturated carbocycles. The molecule has 2 rings (SSSR count). The molecule has 1 fully saturated rings. The largest absolute Gasteiger partial charge is 0.495 e. The lowest BCUT2D eigenvalue weighted by molar-refractivity contribution is -0.145. The number of nitrogens with one attached hydrogen (secondary N) is 1. The van der Waals surface area contributed by atoms with Crippen LogP contribution in [0.1, 0.15) is 22.5 Å². The summed E-state index contributed by atoms with van der Waals surface area (Å²) in [7, 11) is 1.54. The second-order valence-corrected chi connectivity index (χ2v) is 6.50. The molecule has 1 amide bonds. The number of amides is 1. The molecule has 0 radical (unpaired) electrons. The van der Waals surface area contributed by atoms with Crippen molar-refractivity contribution >= 4 is 39.1 Å². The number of carbonyl (C=O) groups is 2. The molecule has 1 aromatic rings. The normalized spacial score (nSPS) is 22.1. The fraction of sp³-hybridized carbons (Fsp3) is 0.455. The Morgan fingerprint density at radius 2 is 2.22 bits per heavy atom. The minimum absolute atomic E-state index is 0.0366. The second-order valence-electron chi connectivity index (χ2n) is 4.13. The summed E-state index contributed by atoms with van der Waals surface area (Å²) in [4.78, 5) is 23.1. The Balaban J connectivity index is 1.91. The summed E-state index contributed by atoms with van der Waals surface area (Å²) >= 11 is 4.60. The van der Waals surface area contributed by atoms with Gasteiger partial charge in [0.25, 0.3) is 5.91 Å². The molecule has 0 aliphatic heterocycles. The van der Waals surface area contributed by atoms with Gasteiger partial charge in [-0.2, -0.15) is 0 Å². The Kier molecular flexibility index (Phi) is 3.91. The lowest BCUT2D eigenvalue weighted by Gasteiger charge is -2.32. The zero-order chi connectivity index (χ0) is 13.3. The predicted molar refractivity (Wildman–Crippen MR) is 70.2 cm³/mol. The lowest BCUT2D eigenvalue weighted by Crippen LogP contribution is -2.46. The summed E-state index contributed by atoms with van der Waals surface area (Å²) in [5.41, 5.74) is 0. The highest BCUT2D eigenvalue weighted by Crippen LogP contribution is 2.35. The maximum absolute atomic E-state index is 11.9. The van der Waals surface area contributed by atoms with Crippen molar-refractivity contribution < 1.29 is 19.4 Å². The summed E-state index contributed by atoms with van der Waals surface area (Å²) in [6, 6.07) is 1.63. The number of carbonyl (C=O) groups excluding carboxylic acids is 1. The van der Waals surface area contributed by atoms with Crippen molar-refractivity contribution in [3.63, 3.8) is 0 Å². The average molecular weight is 334 g/mol. The summed E-state index contributed by atoms with van der Waals surface area (Å²) < 4.78 is 5.85. The first kappa shape index (κ1) is 13.4. The van der Waals surface area contributed by atoms with Crippen LogP contribution in [0.5, 0.6) is 5.75 Å². The van der Waals surface area contributed by atoms with Crippen molar-refractivity contribution in [1.82, 2.24) is 5.32 Å². The third-order valence-corrected chi connectivity index (χ3v) is 4.70. The van der Waals surface area contributed by atoms with E-state index in [1.807, 2.05) is 0 Å². The minimum Gasteiger partial charge on any atom is -0.495 e. The topological polar surface area (TPSA) is 75.6 Å². The van der Waals surface area contributed by atoms with Gasteiger partial charge in [-0.25, -0.2) is 0 Å². The molecule has 1 aromatic heterocycles. The van der Waals surface area contributed by atoms with E-state index in [2.05, 4.69) is 21.2 Å². The highest BCUT2D eigenvalue weighted by molar-refractivity contribution is 9.11. The van der Waals surface area contributed by atoms with Crippen LogP contribution in [0.3, 0.4) is 0 Å². The van der Waals surface area contributed by atoms with Crippen molar-refractivity contribution in [3.05, 3.63) is 14.7 Å². The van der Waals surface area contributed by atoms with E-state index in [1.54, 1.807) is 6.07 Å². The summed E-state index contributed by atoms with van der Waals surface area (Å²) in [5.74, 6) is -0.666. The van der Waals surface area contributed by atoms with Gasteiger partial charge in [-0.15, -0.1) is 11.3 Å². The van der Waals surface area contributed by atoms with Gasteiger partial charge in [-0.1, -0.05) is 0 Å². The Morgan fingerprint density at radius 1 is 1.56 bits per heavy atom. The second kappa shape index (κ2) is 5.27. The van der Waals surface area contributed by atoms with Crippen LogP contribution < -0.4 is 10.1 Å². The van der Waals surface area contributed by atoms with Gasteiger partial charge in [-0.3, -0.25) is 9.59 Å². The smallest absolute Gasteiger partial charge is 0.306 e. The van der Waals surface area contributed by atoms with Gasteiger partial charge in [0.2, 0.25) is 0 Å². The molecule has 0 atom stereocenters. The number of hydrogen-bond acceptors (Lipinski definition) is 4. The maximum Gasteiger partial charge on any atom is 0.306 e. The summed E-state index contributed by atoms with van der Waals surface area (Å²) in [6.45, 7) is 0. The van der Waals surface area contributed by atoms with E-state index in [0.29, 0.717) is 23.5 Å². The van der Waals surface area contributed by atoms with Crippen LogP contribution in [0.15, 0.2) is 9.85 Å². The highest BCUT2D eigenvalue weighted by Gasteiger charge is 2.35. The molecule has 1 heterocycles. The molecule has 1 aliphatic rings. The van der Waals surface area contributed by atoms with E-state index in [0.717, 1.165) is 3.79 Å². The van der Waals surface area contributed by atoms with Gasteiger partial charge in [0.15, 0.2) is 0 Å². The van der Waals surface area contributed by atoms with Gasteiger partial charge >= 0.3 is 5.97 Å². The molecule has 5 nitrogen and oxygen atoms in total. The molecule has 0 aromatic carbocycles. The monoisotopic (exact) mass is 333 g/mol. The first-order chi connectivity index (χ1) is 8.51. The van der Waals surface area contributed by atoms with Gasteiger partial charge in [-0.05, 0) is 28.8 Å². The molecule has 0 bridgehead atoms. The number of ether oxygens (including phenoxy) is 1. The van der Waals surface area contributed by atoms with E-state index in [9.17, 15) is 9.59 Å². The Hall–Kier alpha value is -1.08. The van der Waals surface area contributed by atoms with Crippen LogP contribution >= 0.6 is 27.3 Å². The van der Waals surface area contributed by atoms with Crippen LogP contribution in [-0.4, -0.2) is 30.1 Å². The zero-order valence-corrected chi connectivity index (χ0v) is 12.0. The van der Waals surface area contributed by atoms with E-state index in [1.165, 1.54) is 18.4 Å². The average Bonchev–Trinajstić information content (AvgIpc) is 2.63. The zero-order valence-electron chi connectivity index (χ0n) is 9.60. The van der Waals surface area contributed by atoms with Crippen LogP contribution in [0.4, 0.5) is 0 Å². The van der Waals surface area contributed by atoms with E-state index < -0.39 is 5.97 Å². The standard InChI is InChI=1S/C11H12BrNO4S/c1-17-7-4-8(18-9(7)12)10(14)13-6-2-5(3-6)11(15)16/h4-6H,2-3H2,1H3,(H,13,14)(H,15,16). The maximum atomic E-state index is 11.9. The van der Waals surface area contributed by atoms with Crippen LogP contribution in [0.25, 0.3) is 0 Å². The minimum atomic E-state index is -0.791. The fourth-order valence-electron chi connectivity index (χ4n) is 1.80. The number of aliphatic carboxylic acids is 1. The van der Waals surface area contributed by atoms with Gasteiger partial charge in [0, 0.05) is 12.1 Å². The predicted octanol–water partition coefficient (Wildman–Crippen LogP) is 2.11. The van der Waals surface area contributed by atoms with Crippen molar-refractivity contribution in [1.29, 1.82) is 0 Å². The molecule has 7 heteroatoms. The van der Waals surface area contributed by atoms with Crippen LogP contribution in [-0.2, 0) is 4.79 Å². The number of rotatable bonds is 4. The molecule has 18 heavy (non-hydrogen) atoms. The fourth-order valence-corrected chi connectivity index (χ4v) is 3.35. The van der Waals surface area contributed by atoms with Crippen LogP contribution in [0.2, 0.25) is 0 Å². The molecule has 2 N–H and O–H groups in total. The molecular weight excluding hydrogens is 322 g/mol. The first-order valence-corrected chi connectivity index (χ1v) is 6.99. The number of carboxylic acid groups (broad SMARTS) is 1. The molecule has 0 unspecified atom stereocenters. The SMILES string of the molecule is COc1cc(C(=O)NC2CC(C(=O)O)C2)sc1Br. The van der Waals surface area contributed by atoms with Crippen molar-refractivity contribution in [2.45, 2.75) is 18.9 Å². The number of halogens is 1. The van der Waals surface area contributed by atoms with E-state index >= 15 is 0 Å². The van der Waals surface area contributed by atoms with E-state index in [-0.39, 0.29) is 17.9 Å². The number of hydrogen-bond donors (Lipinski definition) is 2. The van der Waals surface area contributed by atoms with Gasteiger partial charge < -0.3 is 15.2 Å². The molecule has 98 valence electrons.